The highest BCUT2D eigenvalue weighted by atomic mass is 32.1. The molecule has 0 aromatic carbocycles. The van der Waals surface area contributed by atoms with Crippen LogP contribution >= 0.6 is 12.6 Å². The van der Waals surface area contributed by atoms with Crippen molar-refractivity contribution in [1.82, 2.24) is 9.88 Å². The fraction of sp³-hybridized carbons (Fsp3) is 0.583. The van der Waals surface area contributed by atoms with E-state index in [1.165, 1.54) is 0 Å². The summed E-state index contributed by atoms with van der Waals surface area (Å²) in [7, 11) is 0. The monoisotopic (exact) mass is 237 g/mol. The Balaban J connectivity index is 1.96. The van der Waals surface area contributed by atoms with Gasteiger partial charge in [0.2, 0.25) is 0 Å². The number of hydrogen-bond donors (Lipinski definition) is 1. The highest BCUT2D eigenvalue weighted by Crippen LogP contribution is 2.22. The van der Waals surface area contributed by atoms with Crippen LogP contribution in [0.1, 0.15) is 13.8 Å². The summed E-state index contributed by atoms with van der Waals surface area (Å²) in [4.78, 5) is 9.09. The lowest BCUT2D eigenvalue weighted by atomic mass is 10.2. The highest BCUT2D eigenvalue weighted by molar-refractivity contribution is 7.81. The molecule has 1 aromatic heterocycles. The van der Waals surface area contributed by atoms with Gasteiger partial charge in [-0.15, -0.1) is 0 Å². The van der Waals surface area contributed by atoms with Crippen LogP contribution in [0.15, 0.2) is 24.4 Å². The molecule has 1 aromatic rings. The third kappa shape index (κ3) is 2.68. The Morgan fingerprint density at radius 3 is 2.38 bits per heavy atom. The second-order valence-corrected chi connectivity index (χ2v) is 5.75. The maximum atomic E-state index is 4.61. The number of aromatic nitrogens is 1. The first-order valence-corrected chi connectivity index (χ1v) is 6.15. The Morgan fingerprint density at radius 1 is 1.19 bits per heavy atom. The summed E-state index contributed by atoms with van der Waals surface area (Å²) in [6.45, 7) is 8.45. The standard InChI is InChI=1S/C12H19N3S/c1-12(2,16)15-9-7-14(8-10-15)11-5-3-4-6-13-11/h3-6,16H,7-10H2,1-2H3. The maximum absolute atomic E-state index is 4.61. The number of thiol groups is 1. The van der Waals surface area contributed by atoms with Gasteiger partial charge in [0.05, 0.1) is 4.87 Å². The predicted octanol–water partition coefficient (Wildman–Crippen LogP) is 1.87. The third-order valence-corrected chi connectivity index (χ3v) is 3.31. The number of hydrogen-bond acceptors (Lipinski definition) is 4. The predicted molar refractivity (Wildman–Crippen MR) is 71.1 cm³/mol. The number of rotatable bonds is 2. The molecule has 0 spiro atoms. The first-order chi connectivity index (χ1) is 7.57. The van der Waals surface area contributed by atoms with Gasteiger partial charge < -0.3 is 4.90 Å². The minimum Gasteiger partial charge on any atom is -0.354 e. The maximum Gasteiger partial charge on any atom is 0.128 e. The van der Waals surface area contributed by atoms with Gasteiger partial charge in [0.1, 0.15) is 5.82 Å². The van der Waals surface area contributed by atoms with E-state index >= 15 is 0 Å². The molecular formula is C12H19N3S. The van der Waals surface area contributed by atoms with E-state index in [1.54, 1.807) is 0 Å². The molecule has 0 radical (unpaired) electrons. The molecule has 4 heteroatoms. The van der Waals surface area contributed by atoms with Crippen molar-refractivity contribution in [3.63, 3.8) is 0 Å². The molecule has 1 aliphatic rings. The lowest BCUT2D eigenvalue weighted by Crippen LogP contribution is -2.52. The smallest absolute Gasteiger partial charge is 0.128 e. The van der Waals surface area contributed by atoms with E-state index in [0.717, 1.165) is 32.0 Å². The number of nitrogens with zero attached hydrogens (tertiary/aromatic N) is 3. The molecule has 0 aliphatic carbocycles. The SMILES string of the molecule is CC(C)(S)N1CCN(c2ccccn2)CC1. The molecule has 0 atom stereocenters. The summed E-state index contributed by atoms with van der Waals surface area (Å²) >= 11 is 4.61. The van der Waals surface area contributed by atoms with Gasteiger partial charge in [-0.3, -0.25) is 4.90 Å². The van der Waals surface area contributed by atoms with Crippen molar-refractivity contribution in [2.24, 2.45) is 0 Å². The molecule has 2 rings (SSSR count). The summed E-state index contributed by atoms with van der Waals surface area (Å²) in [6.07, 6.45) is 1.85. The normalized spacial score (nSPS) is 18.8. The molecule has 0 saturated carbocycles. The van der Waals surface area contributed by atoms with Crippen molar-refractivity contribution in [2.75, 3.05) is 31.1 Å². The van der Waals surface area contributed by atoms with Crippen LogP contribution in [0.3, 0.4) is 0 Å². The summed E-state index contributed by atoms with van der Waals surface area (Å²) in [6, 6.07) is 6.06. The van der Waals surface area contributed by atoms with E-state index in [-0.39, 0.29) is 4.87 Å². The van der Waals surface area contributed by atoms with Crippen LogP contribution in [0.5, 0.6) is 0 Å². The molecule has 88 valence electrons. The van der Waals surface area contributed by atoms with E-state index in [0.29, 0.717) is 0 Å². The quantitative estimate of drug-likeness (QED) is 0.793. The minimum absolute atomic E-state index is 0.0177. The first-order valence-electron chi connectivity index (χ1n) is 5.71. The van der Waals surface area contributed by atoms with Crippen LogP contribution in [0.2, 0.25) is 0 Å². The number of pyridine rings is 1. The zero-order valence-electron chi connectivity index (χ0n) is 9.93. The van der Waals surface area contributed by atoms with Gasteiger partial charge in [0.15, 0.2) is 0 Å². The third-order valence-electron chi connectivity index (χ3n) is 3.03. The number of piperazine rings is 1. The van der Waals surface area contributed by atoms with Gasteiger partial charge >= 0.3 is 0 Å². The lowest BCUT2D eigenvalue weighted by Gasteiger charge is -2.41. The zero-order chi connectivity index (χ0) is 11.6. The summed E-state index contributed by atoms with van der Waals surface area (Å²) < 4.78 is 0. The van der Waals surface area contributed by atoms with Gasteiger partial charge in [-0.25, -0.2) is 4.98 Å². The van der Waals surface area contributed by atoms with Crippen molar-refractivity contribution in [1.29, 1.82) is 0 Å². The second kappa shape index (κ2) is 4.63. The largest absolute Gasteiger partial charge is 0.354 e. The van der Waals surface area contributed by atoms with Gasteiger partial charge in [-0.2, -0.15) is 12.6 Å². The van der Waals surface area contributed by atoms with E-state index < -0.39 is 0 Å². The Hall–Kier alpha value is -0.740. The molecule has 0 amide bonds. The van der Waals surface area contributed by atoms with E-state index in [4.69, 9.17) is 0 Å². The summed E-state index contributed by atoms with van der Waals surface area (Å²) in [5.41, 5.74) is 0. The molecular weight excluding hydrogens is 218 g/mol. The van der Waals surface area contributed by atoms with Crippen molar-refractivity contribution in [3.05, 3.63) is 24.4 Å². The average molecular weight is 237 g/mol. The topological polar surface area (TPSA) is 19.4 Å². The molecule has 0 bridgehead atoms. The number of anilines is 1. The van der Waals surface area contributed by atoms with Gasteiger partial charge in [-0.1, -0.05) is 6.07 Å². The van der Waals surface area contributed by atoms with Crippen LogP contribution in [-0.4, -0.2) is 40.9 Å². The average Bonchev–Trinajstić information content (AvgIpc) is 2.29. The van der Waals surface area contributed by atoms with E-state index in [9.17, 15) is 0 Å². The molecule has 16 heavy (non-hydrogen) atoms. The van der Waals surface area contributed by atoms with Crippen molar-refractivity contribution in [3.8, 4) is 0 Å². The summed E-state index contributed by atoms with van der Waals surface area (Å²) in [5.74, 6) is 1.08. The molecule has 1 fully saturated rings. The van der Waals surface area contributed by atoms with Crippen LogP contribution in [0, 0.1) is 0 Å². The van der Waals surface area contributed by atoms with Gasteiger partial charge in [0.25, 0.3) is 0 Å². The van der Waals surface area contributed by atoms with Gasteiger partial charge in [0, 0.05) is 32.4 Å². The first kappa shape index (κ1) is 11.7. The minimum atomic E-state index is -0.0177. The summed E-state index contributed by atoms with van der Waals surface area (Å²) in [5, 5.41) is 0. The van der Waals surface area contributed by atoms with E-state index in [2.05, 4.69) is 47.3 Å². The van der Waals surface area contributed by atoms with Crippen LogP contribution in [0.4, 0.5) is 5.82 Å². The second-order valence-electron chi connectivity index (χ2n) is 4.66. The van der Waals surface area contributed by atoms with Gasteiger partial charge in [-0.05, 0) is 26.0 Å². The Kier molecular flexibility index (Phi) is 3.40. The van der Waals surface area contributed by atoms with Crippen molar-refractivity contribution < 1.29 is 0 Å². The molecule has 1 saturated heterocycles. The van der Waals surface area contributed by atoms with Crippen LogP contribution < -0.4 is 4.90 Å². The lowest BCUT2D eigenvalue weighted by molar-refractivity contribution is 0.186. The van der Waals surface area contributed by atoms with Crippen LogP contribution in [-0.2, 0) is 0 Å². The van der Waals surface area contributed by atoms with Crippen molar-refractivity contribution >= 4 is 18.4 Å². The fourth-order valence-corrected chi connectivity index (χ4v) is 2.22. The molecule has 0 unspecified atom stereocenters. The fourth-order valence-electron chi connectivity index (χ4n) is 2.02. The molecule has 0 N–H and O–H groups in total. The Morgan fingerprint density at radius 2 is 1.88 bits per heavy atom. The highest BCUT2D eigenvalue weighted by Gasteiger charge is 2.26. The van der Waals surface area contributed by atoms with E-state index in [1.807, 2.05) is 18.3 Å². The molecule has 1 aliphatic heterocycles. The van der Waals surface area contributed by atoms with Crippen LogP contribution in [0.25, 0.3) is 0 Å². The zero-order valence-corrected chi connectivity index (χ0v) is 10.8. The molecule has 3 nitrogen and oxygen atoms in total. The molecule has 2 heterocycles. The van der Waals surface area contributed by atoms with Crippen molar-refractivity contribution in [2.45, 2.75) is 18.7 Å². The Bertz CT molecular complexity index is 326. The Labute approximate surface area is 103 Å².